The highest BCUT2D eigenvalue weighted by Gasteiger charge is 2.15. The third-order valence-electron chi connectivity index (χ3n) is 4.38. The van der Waals surface area contributed by atoms with E-state index in [1.165, 1.54) is 4.90 Å². The number of carbonyl (C=O) groups excluding carboxylic acids is 2. The number of amides is 1. The Labute approximate surface area is 172 Å². The van der Waals surface area contributed by atoms with Crippen LogP contribution in [0.2, 0.25) is 0 Å². The van der Waals surface area contributed by atoms with Gasteiger partial charge < -0.3 is 14.4 Å². The topological polar surface area (TPSA) is 55.8 Å². The summed E-state index contributed by atoms with van der Waals surface area (Å²) in [4.78, 5) is 26.0. The maximum absolute atomic E-state index is 12.3. The zero-order valence-electron chi connectivity index (χ0n) is 15.6. The van der Waals surface area contributed by atoms with E-state index >= 15 is 0 Å². The fraction of sp³-hybridized carbons (Fsp3) is 0.182. The zero-order chi connectivity index (χ0) is 20.1. The van der Waals surface area contributed by atoms with Crippen molar-refractivity contribution in [2.75, 3.05) is 20.8 Å². The van der Waals surface area contributed by atoms with Crippen molar-refractivity contribution < 1.29 is 19.1 Å². The monoisotopic (exact) mass is 441 g/mol. The predicted octanol–water partition coefficient (Wildman–Crippen LogP) is 4.43. The Hall–Kier alpha value is -2.86. The molecule has 0 saturated heterocycles. The lowest BCUT2D eigenvalue weighted by Crippen LogP contribution is -2.30. The van der Waals surface area contributed by atoms with Crippen LogP contribution in [0, 0.1) is 0 Å². The maximum Gasteiger partial charge on any atom is 0.339 e. The molecule has 0 unspecified atom stereocenters. The first kappa shape index (κ1) is 19.9. The zero-order valence-corrected chi connectivity index (χ0v) is 17.2. The molecule has 6 heteroatoms. The normalized spacial score (nSPS) is 10.5. The van der Waals surface area contributed by atoms with Gasteiger partial charge in [0.15, 0.2) is 6.61 Å². The average Bonchev–Trinajstić information content (AvgIpc) is 2.71. The first-order valence-corrected chi connectivity index (χ1v) is 9.49. The molecule has 0 aliphatic heterocycles. The number of benzene rings is 3. The van der Waals surface area contributed by atoms with Crippen LogP contribution >= 0.6 is 15.9 Å². The molecule has 0 spiro atoms. The molecule has 0 aromatic heterocycles. The molecule has 28 heavy (non-hydrogen) atoms. The van der Waals surface area contributed by atoms with E-state index in [0.29, 0.717) is 16.6 Å². The Morgan fingerprint density at radius 1 is 1.00 bits per heavy atom. The van der Waals surface area contributed by atoms with Crippen LogP contribution in [0.5, 0.6) is 5.75 Å². The number of esters is 1. The molecule has 0 aliphatic carbocycles. The van der Waals surface area contributed by atoms with Gasteiger partial charge in [0.25, 0.3) is 5.91 Å². The standard InChI is InChI=1S/C22H20BrNO4/c1-24(21(25)14-28-22(26)19-5-3-4-6-20(19)23)13-15-7-8-17-12-18(27-2)10-9-16(17)11-15/h3-12H,13-14H2,1-2H3. The van der Waals surface area contributed by atoms with Crippen molar-refractivity contribution in [3.63, 3.8) is 0 Å². The van der Waals surface area contributed by atoms with Crippen LogP contribution in [-0.4, -0.2) is 37.5 Å². The molecule has 0 bridgehead atoms. The number of halogens is 1. The number of methoxy groups -OCH3 is 1. The summed E-state index contributed by atoms with van der Waals surface area (Å²) in [6, 6.07) is 18.8. The Kier molecular flexibility index (Phi) is 6.31. The number of rotatable bonds is 6. The highest BCUT2D eigenvalue weighted by molar-refractivity contribution is 9.10. The molecule has 3 aromatic carbocycles. The number of likely N-dealkylation sites (N-methyl/N-ethyl adjacent to an activating group) is 1. The van der Waals surface area contributed by atoms with E-state index < -0.39 is 5.97 Å². The van der Waals surface area contributed by atoms with E-state index in [0.717, 1.165) is 22.1 Å². The lowest BCUT2D eigenvalue weighted by Gasteiger charge is -2.18. The van der Waals surface area contributed by atoms with E-state index in [4.69, 9.17) is 9.47 Å². The molecule has 3 rings (SSSR count). The quantitative estimate of drug-likeness (QED) is 0.531. The molecule has 144 valence electrons. The van der Waals surface area contributed by atoms with Gasteiger partial charge in [-0.1, -0.05) is 30.3 Å². The predicted molar refractivity (Wildman–Crippen MR) is 111 cm³/mol. The second-order valence-corrected chi connectivity index (χ2v) is 7.21. The summed E-state index contributed by atoms with van der Waals surface area (Å²) in [5.41, 5.74) is 1.38. The van der Waals surface area contributed by atoms with E-state index in [9.17, 15) is 9.59 Å². The number of carbonyl (C=O) groups is 2. The molecule has 0 radical (unpaired) electrons. The molecular weight excluding hydrogens is 422 g/mol. The van der Waals surface area contributed by atoms with Gasteiger partial charge in [-0.05, 0) is 62.6 Å². The molecule has 0 atom stereocenters. The Morgan fingerprint density at radius 2 is 1.71 bits per heavy atom. The summed E-state index contributed by atoms with van der Waals surface area (Å²) < 4.78 is 11.0. The van der Waals surface area contributed by atoms with Gasteiger partial charge in [-0.3, -0.25) is 4.79 Å². The van der Waals surface area contributed by atoms with Crippen molar-refractivity contribution in [3.05, 3.63) is 76.3 Å². The lowest BCUT2D eigenvalue weighted by molar-refractivity contribution is -0.133. The summed E-state index contributed by atoms with van der Waals surface area (Å²) in [5.74, 6) is 0.00326. The third kappa shape index (κ3) is 4.70. The van der Waals surface area contributed by atoms with Crippen LogP contribution in [0.4, 0.5) is 0 Å². The van der Waals surface area contributed by atoms with Crippen LogP contribution < -0.4 is 4.74 Å². The minimum atomic E-state index is -0.533. The summed E-state index contributed by atoms with van der Waals surface area (Å²) in [6.07, 6.45) is 0. The Bertz CT molecular complexity index is 1020. The van der Waals surface area contributed by atoms with Crippen molar-refractivity contribution in [1.82, 2.24) is 4.90 Å². The largest absolute Gasteiger partial charge is 0.497 e. The number of fused-ring (bicyclic) bond motifs is 1. The van der Waals surface area contributed by atoms with Gasteiger partial charge in [0, 0.05) is 18.1 Å². The van der Waals surface area contributed by atoms with Gasteiger partial charge in [-0.25, -0.2) is 4.79 Å². The first-order chi connectivity index (χ1) is 13.5. The Balaban J connectivity index is 1.60. The number of hydrogen-bond donors (Lipinski definition) is 0. The number of nitrogens with zero attached hydrogens (tertiary/aromatic N) is 1. The van der Waals surface area contributed by atoms with E-state index in [-0.39, 0.29) is 12.5 Å². The third-order valence-corrected chi connectivity index (χ3v) is 5.07. The van der Waals surface area contributed by atoms with E-state index in [1.807, 2.05) is 36.4 Å². The molecule has 3 aromatic rings. The van der Waals surface area contributed by atoms with Crippen molar-refractivity contribution in [3.8, 4) is 5.75 Å². The van der Waals surface area contributed by atoms with Gasteiger partial charge in [0.2, 0.25) is 0 Å². The van der Waals surface area contributed by atoms with Crippen LogP contribution in [0.25, 0.3) is 10.8 Å². The highest BCUT2D eigenvalue weighted by Crippen LogP contribution is 2.22. The minimum Gasteiger partial charge on any atom is -0.497 e. The van der Waals surface area contributed by atoms with Crippen LogP contribution in [0.15, 0.2) is 65.1 Å². The van der Waals surface area contributed by atoms with Crippen molar-refractivity contribution in [2.24, 2.45) is 0 Å². The van der Waals surface area contributed by atoms with E-state index in [2.05, 4.69) is 15.9 Å². The number of hydrogen-bond acceptors (Lipinski definition) is 4. The maximum atomic E-state index is 12.3. The summed E-state index contributed by atoms with van der Waals surface area (Å²) in [7, 11) is 3.33. The fourth-order valence-corrected chi connectivity index (χ4v) is 3.25. The second kappa shape index (κ2) is 8.89. The van der Waals surface area contributed by atoms with Gasteiger partial charge in [-0.2, -0.15) is 0 Å². The van der Waals surface area contributed by atoms with Gasteiger partial charge in [-0.15, -0.1) is 0 Å². The molecule has 0 N–H and O–H groups in total. The van der Waals surface area contributed by atoms with Crippen LogP contribution in [-0.2, 0) is 16.1 Å². The van der Waals surface area contributed by atoms with Gasteiger partial charge in [0.1, 0.15) is 5.75 Å². The first-order valence-electron chi connectivity index (χ1n) is 8.70. The molecule has 0 heterocycles. The molecule has 0 saturated carbocycles. The molecule has 0 aliphatic rings. The lowest BCUT2D eigenvalue weighted by atomic mass is 10.1. The van der Waals surface area contributed by atoms with Crippen molar-refractivity contribution >= 4 is 38.6 Å². The second-order valence-electron chi connectivity index (χ2n) is 6.35. The molecule has 1 amide bonds. The van der Waals surface area contributed by atoms with Crippen molar-refractivity contribution in [2.45, 2.75) is 6.54 Å². The number of ether oxygens (including phenoxy) is 2. The highest BCUT2D eigenvalue weighted by atomic mass is 79.9. The average molecular weight is 442 g/mol. The smallest absolute Gasteiger partial charge is 0.339 e. The van der Waals surface area contributed by atoms with Gasteiger partial charge in [0.05, 0.1) is 12.7 Å². The summed E-state index contributed by atoms with van der Waals surface area (Å²) >= 11 is 3.30. The van der Waals surface area contributed by atoms with Gasteiger partial charge >= 0.3 is 5.97 Å². The summed E-state index contributed by atoms with van der Waals surface area (Å²) in [5, 5.41) is 2.14. The van der Waals surface area contributed by atoms with Crippen LogP contribution in [0.1, 0.15) is 15.9 Å². The molecular formula is C22H20BrNO4. The molecule has 0 fully saturated rings. The Morgan fingerprint density at radius 3 is 2.46 bits per heavy atom. The fourth-order valence-electron chi connectivity index (χ4n) is 2.80. The summed E-state index contributed by atoms with van der Waals surface area (Å²) in [6.45, 7) is 0.120. The van der Waals surface area contributed by atoms with E-state index in [1.54, 1.807) is 38.4 Å². The van der Waals surface area contributed by atoms with Crippen molar-refractivity contribution in [1.29, 1.82) is 0 Å². The SMILES string of the molecule is COc1ccc2cc(CN(C)C(=O)COC(=O)c3ccccc3Br)ccc2c1. The van der Waals surface area contributed by atoms with Crippen LogP contribution in [0.3, 0.4) is 0 Å². The minimum absolute atomic E-state index is 0.268. The molecule has 5 nitrogen and oxygen atoms in total.